The van der Waals surface area contributed by atoms with Crippen LogP contribution in [0.4, 0.5) is 17.1 Å². The van der Waals surface area contributed by atoms with Crippen LogP contribution in [0.15, 0.2) is 140 Å². The monoisotopic (exact) mass is 592 g/mol. The van der Waals surface area contributed by atoms with Gasteiger partial charge in [0.05, 0.1) is 5.52 Å². The van der Waals surface area contributed by atoms with E-state index in [9.17, 15) is 0 Å². The van der Waals surface area contributed by atoms with Crippen molar-refractivity contribution in [2.24, 2.45) is 0 Å². The van der Waals surface area contributed by atoms with Crippen molar-refractivity contribution < 1.29 is 0 Å². The minimum Gasteiger partial charge on any atom is -0.375 e. The van der Waals surface area contributed by atoms with Crippen LogP contribution in [0.5, 0.6) is 0 Å². The molecule has 213 valence electrons. The predicted octanol–water partition coefficient (Wildman–Crippen LogP) is 7.48. The third-order valence-electron chi connectivity index (χ3n) is 10.9. The fraction of sp³-hybridized carbons (Fsp3) is 0. The van der Waals surface area contributed by atoms with E-state index in [4.69, 9.17) is 0 Å². The molecule has 0 amide bonds. The Morgan fingerprint density at radius 1 is 0.553 bits per heavy atom. The smallest absolute Gasteiger partial charge is 0.333 e. The molecule has 0 bridgehead atoms. The SMILES string of the molecule is [B]1c2ccccc2N2c3ccccc3B3c4c(cc(-c5cccc6c5[nH]c5ccccc56)c1c42)-c1cccc2c4ccccc4n3c12. The molecular weight excluding hydrogens is 568 g/mol. The van der Waals surface area contributed by atoms with E-state index < -0.39 is 0 Å². The highest BCUT2D eigenvalue weighted by Gasteiger charge is 2.45. The van der Waals surface area contributed by atoms with Crippen LogP contribution in [0.2, 0.25) is 0 Å². The van der Waals surface area contributed by atoms with Crippen molar-refractivity contribution in [3.05, 3.63) is 140 Å². The summed E-state index contributed by atoms with van der Waals surface area (Å²) in [7, 11) is 2.44. The molecule has 3 aliphatic rings. The second-order valence-electron chi connectivity index (χ2n) is 13.1. The first-order chi connectivity index (χ1) is 23.3. The normalized spacial score (nSPS) is 13.6. The molecule has 5 heterocycles. The third-order valence-corrected chi connectivity index (χ3v) is 10.9. The largest absolute Gasteiger partial charge is 0.375 e. The van der Waals surface area contributed by atoms with Crippen molar-refractivity contribution in [1.29, 1.82) is 0 Å². The molecule has 0 fully saturated rings. The minimum atomic E-state index is 0.0556. The number of para-hydroxylation sites is 6. The van der Waals surface area contributed by atoms with Gasteiger partial charge in [-0.25, -0.2) is 0 Å². The fourth-order valence-corrected chi connectivity index (χ4v) is 9.13. The van der Waals surface area contributed by atoms with Crippen molar-refractivity contribution in [3.8, 4) is 22.3 Å². The summed E-state index contributed by atoms with van der Waals surface area (Å²) in [5.41, 5.74) is 19.1. The zero-order chi connectivity index (χ0) is 30.4. The second kappa shape index (κ2) is 8.45. The molecule has 0 aliphatic carbocycles. The molecule has 3 aliphatic heterocycles. The van der Waals surface area contributed by atoms with Crippen LogP contribution in [0.3, 0.4) is 0 Å². The van der Waals surface area contributed by atoms with Gasteiger partial charge in [-0.2, -0.15) is 0 Å². The molecule has 7 aromatic carbocycles. The summed E-state index contributed by atoms with van der Waals surface area (Å²) < 4.78 is 2.64. The average molecular weight is 592 g/mol. The highest BCUT2D eigenvalue weighted by molar-refractivity contribution is 6.91. The number of hydrogen-bond acceptors (Lipinski definition) is 1. The first kappa shape index (κ1) is 24.3. The fourth-order valence-electron chi connectivity index (χ4n) is 9.13. The van der Waals surface area contributed by atoms with E-state index in [-0.39, 0.29) is 6.85 Å². The Morgan fingerprint density at radius 2 is 1.28 bits per heavy atom. The Bertz CT molecular complexity index is 2860. The van der Waals surface area contributed by atoms with E-state index in [1.165, 1.54) is 105 Å². The number of anilines is 3. The Labute approximate surface area is 272 Å². The van der Waals surface area contributed by atoms with Crippen molar-refractivity contribution in [3.63, 3.8) is 0 Å². The maximum atomic E-state index is 3.82. The Morgan fingerprint density at radius 3 is 2.21 bits per heavy atom. The zero-order valence-electron chi connectivity index (χ0n) is 25.3. The van der Waals surface area contributed by atoms with Gasteiger partial charge >= 0.3 is 6.85 Å². The number of nitrogens with one attached hydrogen (secondary N) is 1. The van der Waals surface area contributed by atoms with Crippen LogP contribution in [-0.2, 0) is 0 Å². The average Bonchev–Trinajstić information content (AvgIpc) is 3.68. The molecule has 0 saturated heterocycles. The molecule has 47 heavy (non-hydrogen) atoms. The number of benzene rings is 7. The summed E-state index contributed by atoms with van der Waals surface area (Å²) in [5.74, 6) is 0. The van der Waals surface area contributed by atoms with Gasteiger partial charge in [-0.3, -0.25) is 0 Å². The molecule has 1 radical (unpaired) electrons. The van der Waals surface area contributed by atoms with E-state index in [0.29, 0.717) is 0 Å². The topological polar surface area (TPSA) is 24.0 Å². The highest BCUT2D eigenvalue weighted by Crippen LogP contribution is 2.47. The number of fused-ring (bicyclic) bond motifs is 13. The second-order valence-corrected chi connectivity index (χ2v) is 13.1. The van der Waals surface area contributed by atoms with Crippen LogP contribution in [0.25, 0.3) is 65.9 Å². The highest BCUT2D eigenvalue weighted by atomic mass is 15.2. The lowest BCUT2D eigenvalue weighted by atomic mass is 9.42. The minimum absolute atomic E-state index is 0.0556. The van der Waals surface area contributed by atoms with E-state index in [0.717, 1.165) is 0 Å². The molecule has 5 heteroatoms. The number of aromatic amines is 1. The molecule has 2 aromatic heterocycles. The maximum absolute atomic E-state index is 3.82. The summed E-state index contributed by atoms with van der Waals surface area (Å²) in [6.45, 7) is 0.0556. The molecule has 0 spiro atoms. The standard InChI is InChI=1S/C42H24B2N3/c1-5-19-34-24(11-1)26-13-9-14-27(40(26)45-34)30-23-31-29-16-10-15-28-25-12-2-6-20-35(25)47(41(28)29)44-33-18-4-8-22-37(33)46-36-21-7-3-17-32(36)43-38(30)42(46)39(31)44/h1-23,45H. The number of nitrogens with zero attached hydrogens (tertiary/aromatic N) is 2. The number of rotatable bonds is 1. The predicted molar refractivity (Wildman–Crippen MR) is 200 cm³/mol. The van der Waals surface area contributed by atoms with Crippen molar-refractivity contribution in [1.82, 2.24) is 9.46 Å². The molecule has 12 rings (SSSR count). The van der Waals surface area contributed by atoms with Crippen LogP contribution < -0.4 is 26.8 Å². The van der Waals surface area contributed by atoms with Gasteiger partial charge < -0.3 is 14.4 Å². The third kappa shape index (κ3) is 2.88. The summed E-state index contributed by atoms with van der Waals surface area (Å²) in [5, 5.41) is 5.15. The summed E-state index contributed by atoms with van der Waals surface area (Å²) in [6, 6.07) is 51.7. The molecule has 0 saturated carbocycles. The lowest BCUT2D eigenvalue weighted by molar-refractivity contribution is 1.26. The van der Waals surface area contributed by atoms with E-state index in [1.54, 1.807) is 0 Å². The first-order valence-electron chi connectivity index (χ1n) is 16.4. The van der Waals surface area contributed by atoms with Gasteiger partial charge in [-0.15, -0.1) is 0 Å². The van der Waals surface area contributed by atoms with Crippen molar-refractivity contribution in [2.45, 2.75) is 0 Å². The van der Waals surface area contributed by atoms with Crippen LogP contribution in [-0.4, -0.2) is 23.6 Å². The number of aromatic nitrogens is 2. The molecule has 1 N–H and O–H groups in total. The lowest BCUT2D eigenvalue weighted by Crippen LogP contribution is -2.60. The number of hydrogen-bond donors (Lipinski definition) is 1. The van der Waals surface area contributed by atoms with Crippen LogP contribution in [0.1, 0.15) is 0 Å². The van der Waals surface area contributed by atoms with Gasteiger partial charge in [0.25, 0.3) is 0 Å². The Balaban J connectivity index is 1.30. The molecule has 0 unspecified atom stereocenters. The van der Waals surface area contributed by atoms with Gasteiger partial charge in [-0.1, -0.05) is 120 Å². The van der Waals surface area contributed by atoms with E-state index in [1.807, 2.05) is 0 Å². The number of H-pyrrole nitrogens is 1. The van der Waals surface area contributed by atoms with E-state index >= 15 is 0 Å². The Kier molecular flexibility index (Phi) is 4.37. The summed E-state index contributed by atoms with van der Waals surface area (Å²) in [4.78, 5) is 6.38. The van der Waals surface area contributed by atoms with Gasteiger partial charge in [0.1, 0.15) is 0 Å². The zero-order valence-corrected chi connectivity index (χ0v) is 25.3. The molecule has 0 atom stereocenters. The quantitative estimate of drug-likeness (QED) is 0.197. The van der Waals surface area contributed by atoms with E-state index in [2.05, 4.69) is 161 Å². The van der Waals surface area contributed by atoms with Gasteiger partial charge in [0.2, 0.25) is 0 Å². The van der Waals surface area contributed by atoms with Crippen LogP contribution in [0, 0.1) is 0 Å². The van der Waals surface area contributed by atoms with Gasteiger partial charge in [-0.05, 0) is 52.4 Å². The molecular formula is C42H24B2N3. The first-order valence-corrected chi connectivity index (χ1v) is 16.4. The van der Waals surface area contributed by atoms with Crippen molar-refractivity contribution in [2.75, 3.05) is 4.90 Å². The van der Waals surface area contributed by atoms with Crippen molar-refractivity contribution >= 4 is 96.7 Å². The summed E-state index contributed by atoms with van der Waals surface area (Å²) in [6.07, 6.45) is 0. The van der Waals surface area contributed by atoms with Gasteiger partial charge in [0, 0.05) is 66.3 Å². The van der Waals surface area contributed by atoms with Gasteiger partial charge in [0.15, 0.2) is 7.28 Å². The summed E-state index contributed by atoms with van der Waals surface area (Å²) >= 11 is 0. The van der Waals surface area contributed by atoms with Crippen LogP contribution >= 0.6 is 0 Å². The Hall–Kier alpha value is -5.93. The lowest BCUT2D eigenvalue weighted by Gasteiger charge is -2.45. The molecule has 3 nitrogen and oxygen atoms in total. The molecule has 9 aromatic rings. The maximum Gasteiger partial charge on any atom is 0.333 e.